The van der Waals surface area contributed by atoms with E-state index in [1.54, 1.807) is 0 Å². The molecule has 0 saturated heterocycles. The Hall–Kier alpha value is -0.670. The van der Waals surface area contributed by atoms with E-state index in [1.165, 1.54) is 11.1 Å². The first-order chi connectivity index (χ1) is 8.11. The van der Waals surface area contributed by atoms with Gasteiger partial charge in [0.05, 0.1) is 0 Å². The standard InChI is InChI=1S/C14H23NOS/c1-12-6-4-8-14(10-12)11-17(16)9-5-7-13(2)15-3/h4,6,8,10,13,15H,5,7,9,11H2,1-3H3. The minimum Gasteiger partial charge on any atom is -0.317 e. The van der Waals surface area contributed by atoms with Gasteiger partial charge in [0.1, 0.15) is 0 Å². The smallest absolute Gasteiger partial charge is 0.0485 e. The molecule has 0 aliphatic carbocycles. The summed E-state index contributed by atoms with van der Waals surface area (Å²) in [6.07, 6.45) is 2.12. The Kier molecular flexibility index (Phi) is 6.45. The summed E-state index contributed by atoms with van der Waals surface area (Å²) < 4.78 is 11.9. The Bertz CT molecular complexity index is 365. The molecule has 0 fully saturated rings. The van der Waals surface area contributed by atoms with Gasteiger partial charge < -0.3 is 5.32 Å². The van der Waals surface area contributed by atoms with Gasteiger partial charge in [-0.25, -0.2) is 0 Å². The normalized spacial score (nSPS) is 14.5. The van der Waals surface area contributed by atoms with E-state index >= 15 is 0 Å². The van der Waals surface area contributed by atoms with Crippen molar-refractivity contribution in [1.82, 2.24) is 5.32 Å². The average Bonchev–Trinajstić information content (AvgIpc) is 2.28. The molecule has 0 aliphatic heterocycles. The van der Waals surface area contributed by atoms with Gasteiger partial charge in [0.25, 0.3) is 0 Å². The predicted molar refractivity (Wildman–Crippen MR) is 75.6 cm³/mol. The first-order valence-electron chi connectivity index (χ1n) is 6.19. The van der Waals surface area contributed by atoms with Crippen LogP contribution in [0, 0.1) is 6.92 Å². The second kappa shape index (κ2) is 7.62. The van der Waals surface area contributed by atoms with E-state index in [0.717, 1.165) is 18.6 Å². The number of hydrogen-bond acceptors (Lipinski definition) is 2. The first kappa shape index (κ1) is 14.4. The van der Waals surface area contributed by atoms with Crippen molar-refractivity contribution in [3.63, 3.8) is 0 Å². The second-order valence-corrected chi connectivity index (χ2v) is 6.19. The summed E-state index contributed by atoms with van der Waals surface area (Å²) >= 11 is 0. The average molecular weight is 253 g/mol. The van der Waals surface area contributed by atoms with Crippen LogP contribution in [0.4, 0.5) is 0 Å². The van der Waals surface area contributed by atoms with Crippen LogP contribution in [0.1, 0.15) is 30.9 Å². The highest BCUT2D eigenvalue weighted by atomic mass is 32.2. The van der Waals surface area contributed by atoms with Gasteiger partial charge in [-0.1, -0.05) is 29.8 Å². The number of rotatable bonds is 7. The van der Waals surface area contributed by atoms with E-state index in [1.807, 2.05) is 13.1 Å². The van der Waals surface area contributed by atoms with Crippen molar-refractivity contribution in [3.8, 4) is 0 Å². The minimum atomic E-state index is -0.725. The van der Waals surface area contributed by atoms with Crippen molar-refractivity contribution >= 4 is 10.8 Å². The molecule has 0 aliphatic rings. The highest BCUT2D eigenvalue weighted by Gasteiger charge is 2.04. The molecule has 2 atom stereocenters. The summed E-state index contributed by atoms with van der Waals surface area (Å²) in [7, 11) is 1.24. The largest absolute Gasteiger partial charge is 0.317 e. The van der Waals surface area contributed by atoms with Crippen molar-refractivity contribution in [3.05, 3.63) is 35.4 Å². The molecular formula is C14H23NOS. The fraction of sp³-hybridized carbons (Fsp3) is 0.571. The van der Waals surface area contributed by atoms with E-state index in [4.69, 9.17) is 0 Å². The van der Waals surface area contributed by atoms with Crippen LogP contribution in [0.2, 0.25) is 0 Å². The molecule has 1 aromatic rings. The van der Waals surface area contributed by atoms with E-state index in [9.17, 15) is 4.21 Å². The zero-order chi connectivity index (χ0) is 12.7. The van der Waals surface area contributed by atoms with Crippen molar-refractivity contribution < 1.29 is 4.21 Å². The van der Waals surface area contributed by atoms with Crippen molar-refractivity contribution in [2.45, 2.75) is 38.5 Å². The molecule has 0 aromatic heterocycles. The molecule has 0 heterocycles. The SMILES string of the molecule is CNC(C)CCCS(=O)Cc1cccc(C)c1. The maximum absolute atomic E-state index is 11.9. The van der Waals surface area contributed by atoms with Crippen LogP contribution in [0.25, 0.3) is 0 Å². The second-order valence-electron chi connectivity index (χ2n) is 4.61. The van der Waals surface area contributed by atoms with Gasteiger partial charge >= 0.3 is 0 Å². The van der Waals surface area contributed by atoms with Gasteiger partial charge in [-0.2, -0.15) is 0 Å². The molecule has 17 heavy (non-hydrogen) atoms. The molecule has 96 valence electrons. The van der Waals surface area contributed by atoms with E-state index in [0.29, 0.717) is 11.8 Å². The first-order valence-corrected chi connectivity index (χ1v) is 7.68. The lowest BCUT2D eigenvalue weighted by Gasteiger charge is -2.09. The maximum Gasteiger partial charge on any atom is 0.0485 e. The van der Waals surface area contributed by atoms with Gasteiger partial charge in [-0.15, -0.1) is 0 Å². The van der Waals surface area contributed by atoms with Crippen molar-refractivity contribution in [2.24, 2.45) is 0 Å². The Morgan fingerprint density at radius 3 is 2.82 bits per heavy atom. The van der Waals surface area contributed by atoms with Crippen LogP contribution in [-0.4, -0.2) is 23.1 Å². The Balaban J connectivity index is 2.30. The summed E-state index contributed by atoms with van der Waals surface area (Å²) in [5.41, 5.74) is 2.42. The minimum absolute atomic E-state index is 0.519. The fourth-order valence-electron chi connectivity index (χ4n) is 1.75. The Morgan fingerprint density at radius 1 is 1.41 bits per heavy atom. The van der Waals surface area contributed by atoms with Crippen molar-refractivity contribution in [1.29, 1.82) is 0 Å². The maximum atomic E-state index is 11.9. The lowest BCUT2D eigenvalue weighted by molar-refractivity contribution is 0.557. The third kappa shape index (κ3) is 5.99. The van der Waals surface area contributed by atoms with Crippen LogP contribution < -0.4 is 5.32 Å². The molecule has 2 unspecified atom stereocenters. The van der Waals surface area contributed by atoms with Crippen LogP contribution in [0.3, 0.4) is 0 Å². The Morgan fingerprint density at radius 2 is 2.18 bits per heavy atom. The lowest BCUT2D eigenvalue weighted by Crippen LogP contribution is -2.21. The van der Waals surface area contributed by atoms with Gasteiger partial charge in [-0.3, -0.25) is 4.21 Å². The number of aryl methyl sites for hydroxylation is 1. The van der Waals surface area contributed by atoms with E-state index < -0.39 is 10.8 Å². The molecule has 1 rings (SSSR count). The highest BCUT2D eigenvalue weighted by molar-refractivity contribution is 7.84. The van der Waals surface area contributed by atoms with Crippen molar-refractivity contribution in [2.75, 3.05) is 12.8 Å². The molecule has 0 spiro atoms. The molecule has 2 nitrogen and oxygen atoms in total. The van der Waals surface area contributed by atoms with Crippen LogP contribution >= 0.6 is 0 Å². The van der Waals surface area contributed by atoms with Crippen LogP contribution in [-0.2, 0) is 16.6 Å². The lowest BCUT2D eigenvalue weighted by atomic mass is 10.2. The number of benzene rings is 1. The molecule has 3 heteroatoms. The highest BCUT2D eigenvalue weighted by Crippen LogP contribution is 2.08. The van der Waals surface area contributed by atoms with Crippen LogP contribution in [0.5, 0.6) is 0 Å². The summed E-state index contributed by atoms with van der Waals surface area (Å²) in [4.78, 5) is 0. The molecular weight excluding hydrogens is 230 g/mol. The molecule has 0 saturated carbocycles. The third-order valence-electron chi connectivity index (χ3n) is 2.91. The Labute approximate surface area is 107 Å². The summed E-state index contributed by atoms with van der Waals surface area (Å²) in [6.45, 7) is 4.23. The molecule has 1 aromatic carbocycles. The molecule has 1 N–H and O–H groups in total. The van der Waals surface area contributed by atoms with E-state index in [2.05, 4.69) is 37.4 Å². The topological polar surface area (TPSA) is 29.1 Å². The molecule has 0 radical (unpaired) electrons. The summed E-state index contributed by atoms with van der Waals surface area (Å²) in [5.74, 6) is 1.50. The summed E-state index contributed by atoms with van der Waals surface area (Å²) in [6, 6.07) is 8.80. The van der Waals surface area contributed by atoms with Gasteiger partial charge in [0, 0.05) is 28.3 Å². The monoisotopic (exact) mass is 253 g/mol. The molecule has 0 bridgehead atoms. The number of nitrogens with one attached hydrogen (secondary N) is 1. The third-order valence-corrected chi connectivity index (χ3v) is 4.31. The molecule has 0 amide bonds. The van der Waals surface area contributed by atoms with Crippen LogP contribution in [0.15, 0.2) is 24.3 Å². The van der Waals surface area contributed by atoms with Gasteiger partial charge in [-0.05, 0) is 39.3 Å². The van der Waals surface area contributed by atoms with Gasteiger partial charge in [0.2, 0.25) is 0 Å². The van der Waals surface area contributed by atoms with E-state index in [-0.39, 0.29) is 0 Å². The summed E-state index contributed by atoms with van der Waals surface area (Å²) in [5, 5.41) is 3.20. The number of hydrogen-bond donors (Lipinski definition) is 1. The predicted octanol–water partition coefficient (Wildman–Crippen LogP) is 2.63. The fourth-order valence-corrected chi connectivity index (χ4v) is 2.94. The zero-order valence-electron chi connectivity index (χ0n) is 11.0. The quantitative estimate of drug-likeness (QED) is 0.809. The zero-order valence-corrected chi connectivity index (χ0v) is 11.8. The van der Waals surface area contributed by atoms with Gasteiger partial charge in [0.15, 0.2) is 0 Å².